The lowest BCUT2D eigenvalue weighted by Gasteiger charge is -2.31. The largest absolute Gasteiger partial charge is 0.358 e. The number of amides is 5. The Balaban J connectivity index is 1.84. The van der Waals surface area contributed by atoms with Gasteiger partial charge < -0.3 is 10.6 Å². The van der Waals surface area contributed by atoms with Crippen molar-refractivity contribution in [2.75, 3.05) is 15.5 Å². The summed E-state index contributed by atoms with van der Waals surface area (Å²) in [5.74, 6) is -2.83. The number of nitrogens with zero attached hydrogens (tertiary/aromatic N) is 1. The second kappa shape index (κ2) is 8.79. The number of hydrogen-bond acceptors (Lipinski definition) is 5. The molecule has 0 saturated carbocycles. The van der Waals surface area contributed by atoms with E-state index in [0.29, 0.717) is 27.8 Å². The maximum atomic E-state index is 13.1. The van der Waals surface area contributed by atoms with Gasteiger partial charge in [-0.05, 0) is 55.5 Å². The quantitative estimate of drug-likeness (QED) is 0.634. The van der Waals surface area contributed by atoms with Crippen LogP contribution in [0.1, 0.15) is 13.8 Å². The zero-order valence-corrected chi connectivity index (χ0v) is 17.0. The van der Waals surface area contributed by atoms with Crippen molar-refractivity contribution in [3.8, 4) is 0 Å². The van der Waals surface area contributed by atoms with Gasteiger partial charge in [0.05, 0.1) is 5.69 Å². The molecular weight excluding hydrogens is 408 g/mol. The number of anilines is 3. The molecule has 1 aliphatic rings. The molecule has 9 heteroatoms. The van der Waals surface area contributed by atoms with E-state index in [-0.39, 0.29) is 5.91 Å². The van der Waals surface area contributed by atoms with Crippen LogP contribution in [0.2, 0.25) is 5.02 Å². The van der Waals surface area contributed by atoms with Gasteiger partial charge >= 0.3 is 6.03 Å². The number of carbonyl (C=O) groups is 4. The molecule has 2 aromatic rings. The number of benzene rings is 2. The monoisotopic (exact) mass is 426 g/mol. The number of allylic oxidation sites excluding steroid dienone is 1. The number of rotatable bonds is 5. The number of carbonyl (C=O) groups excluding carboxylic acids is 4. The second-order valence-corrected chi connectivity index (χ2v) is 6.94. The molecule has 1 fully saturated rings. The highest BCUT2D eigenvalue weighted by molar-refractivity contribution is 6.31. The van der Waals surface area contributed by atoms with Crippen molar-refractivity contribution in [3.05, 3.63) is 65.3 Å². The van der Waals surface area contributed by atoms with Crippen molar-refractivity contribution < 1.29 is 19.2 Å². The zero-order chi connectivity index (χ0) is 21.8. The van der Waals surface area contributed by atoms with Crippen LogP contribution in [0.4, 0.5) is 21.9 Å². The van der Waals surface area contributed by atoms with Crippen molar-refractivity contribution in [1.29, 1.82) is 0 Å². The molecule has 3 N–H and O–H groups in total. The van der Waals surface area contributed by atoms with Crippen LogP contribution in [-0.2, 0) is 14.4 Å². The summed E-state index contributed by atoms with van der Waals surface area (Å²) in [6.07, 6.45) is 1.60. The van der Waals surface area contributed by atoms with Crippen LogP contribution in [0.15, 0.2) is 60.3 Å². The fourth-order valence-electron chi connectivity index (χ4n) is 3.00. The first-order valence-electron chi connectivity index (χ1n) is 9.05. The molecule has 1 aliphatic heterocycles. The lowest BCUT2D eigenvalue weighted by molar-refractivity contribution is -0.132. The van der Waals surface area contributed by atoms with E-state index in [2.05, 4.69) is 16.0 Å². The summed E-state index contributed by atoms with van der Waals surface area (Å²) < 4.78 is 0. The van der Waals surface area contributed by atoms with Gasteiger partial charge in [0.25, 0.3) is 5.91 Å². The number of nitrogens with one attached hydrogen (secondary N) is 3. The minimum Gasteiger partial charge on any atom is -0.358 e. The molecule has 0 aliphatic carbocycles. The van der Waals surface area contributed by atoms with Crippen LogP contribution in [0.3, 0.4) is 0 Å². The molecule has 1 heterocycles. The summed E-state index contributed by atoms with van der Waals surface area (Å²) in [6.45, 7) is 3.09. The molecular formula is C21H19ClN4O4. The van der Waals surface area contributed by atoms with Crippen LogP contribution < -0.4 is 20.9 Å². The fourth-order valence-corrected chi connectivity index (χ4v) is 3.13. The minimum atomic E-state index is -1.24. The highest BCUT2D eigenvalue weighted by Crippen LogP contribution is 2.27. The van der Waals surface area contributed by atoms with E-state index < -0.39 is 23.8 Å². The third kappa shape index (κ3) is 4.49. The summed E-state index contributed by atoms with van der Waals surface area (Å²) >= 11 is 5.88. The molecule has 30 heavy (non-hydrogen) atoms. The van der Waals surface area contributed by atoms with Crippen LogP contribution >= 0.6 is 11.6 Å². The molecule has 0 radical (unpaired) electrons. The van der Waals surface area contributed by atoms with Crippen molar-refractivity contribution in [2.24, 2.45) is 5.92 Å². The third-order valence-corrected chi connectivity index (χ3v) is 4.62. The maximum Gasteiger partial charge on any atom is 0.335 e. The van der Waals surface area contributed by atoms with Gasteiger partial charge in [-0.1, -0.05) is 17.7 Å². The lowest BCUT2D eigenvalue weighted by atomic mass is 9.99. The minimum absolute atomic E-state index is 0.193. The van der Waals surface area contributed by atoms with Gasteiger partial charge in [0.1, 0.15) is 0 Å². The second-order valence-electron chi connectivity index (χ2n) is 6.51. The Labute approximate surface area is 177 Å². The summed E-state index contributed by atoms with van der Waals surface area (Å²) in [5, 5.41) is 8.37. The van der Waals surface area contributed by atoms with E-state index in [1.54, 1.807) is 49.4 Å². The Hall–Kier alpha value is -3.65. The molecule has 1 saturated heterocycles. The van der Waals surface area contributed by atoms with E-state index in [1.807, 2.05) is 0 Å². The molecule has 2 aromatic carbocycles. The Bertz CT molecular complexity index is 1030. The molecule has 8 nitrogen and oxygen atoms in total. The number of halogens is 1. The van der Waals surface area contributed by atoms with Crippen molar-refractivity contribution in [3.63, 3.8) is 0 Å². The van der Waals surface area contributed by atoms with Gasteiger partial charge in [-0.2, -0.15) is 0 Å². The molecule has 0 bridgehead atoms. The number of urea groups is 1. The van der Waals surface area contributed by atoms with E-state index >= 15 is 0 Å². The summed E-state index contributed by atoms with van der Waals surface area (Å²) in [6, 6.07) is 12.1. The standard InChI is InChI=1S/C21H19ClN4O4/c1-3-17(24-15-8-6-14(7-9-15)23-12(2)27)18-19(28)25-21(30)26(20(18)29)16-10-4-13(22)5-11-16/h3-11,18,24H,1-2H3,(H,23,27)(H,25,28,30)/b17-3-/t18-/m0/s1. The molecule has 0 unspecified atom stereocenters. The van der Waals surface area contributed by atoms with Gasteiger partial charge in [0.15, 0.2) is 5.92 Å². The molecule has 0 spiro atoms. The van der Waals surface area contributed by atoms with Gasteiger partial charge in [0.2, 0.25) is 11.8 Å². The Morgan fingerprint density at radius 1 is 1.00 bits per heavy atom. The van der Waals surface area contributed by atoms with Crippen LogP contribution in [0, 0.1) is 5.92 Å². The summed E-state index contributed by atoms with van der Waals surface area (Å²) in [4.78, 5) is 49.9. The molecule has 154 valence electrons. The SMILES string of the molecule is C/C=C(\Nc1ccc(NC(C)=O)cc1)[C@H]1C(=O)NC(=O)N(c2ccc(Cl)cc2)C1=O. The summed E-state index contributed by atoms with van der Waals surface area (Å²) in [7, 11) is 0. The number of imide groups is 2. The Kier molecular flexibility index (Phi) is 6.17. The van der Waals surface area contributed by atoms with Gasteiger partial charge in [-0.3, -0.25) is 19.7 Å². The number of barbiturate groups is 1. The van der Waals surface area contributed by atoms with Gasteiger partial charge in [-0.25, -0.2) is 9.69 Å². The molecule has 5 amide bonds. The van der Waals surface area contributed by atoms with E-state index in [0.717, 1.165) is 4.90 Å². The molecule has 0 aromatic heterocycles. The van der Waals surface area contributed by atoms with Gasteiger partial charge in [0, 0.05) is 29.0 Å². The highest BCUT2D eigenvalue weighted by Gasteiger charge is 2.43. The van der Waals surface area contributed by atoms with Crippen molar-refractivity contribution >= 4 is 52.4 Å². The average molecular weight is 427 g/mol. The predicted octanol–water partition coefficient (Wildman–Crippen LogP) is 3.51. The highest BCUT2D eigenvalue weighted by atomic mass is 35.5. The third-order valence-electron chi connectivity index (χ3n) is 4.36. The van der Waals surface area contributed by atoms with Crippen LogP contribution in [0.5, 0.6) is 0 Å². The zero-order valence-electron chi connectivity index (χ0n) is 16.2. The first-order valence-corrected chi connectivity index (χ1v) is 9.43. The smallest absolute Gasteiger partial charge is 0.335 e. The predicted molar refractivity (Wildman–Crippen MR) is 114 cm³/mol. The first-order chi connectivity index (χ1) is 14.3. The Morgan fingerprint density at radius 2 is 1.57 bits per heavy atom. The lowest BCUT2D eigenvalue weighted by Crippen LogP contribution is -2.59. The van der Waals surface area contributed by atoms with E-state index in [9.17, 15) is 19.2 Å². The van der Waals surface area contributed by atoms with Crippen molar-refractivity contribution in [1.82, 2.24) is 5.32 Å². The normalized spacial score (nSPS) is 16.9. The number of hydrogen-bond donors (Lipinski definition) is 3. The summed E-state index contributed by atoms with van der Waals surface area (Å²) in [5.41, 5.74) is 1.83. The topological polar surface area (TPSA) is 108 Å². The average Bonchev–Trinajstić information content (AvgIpc) is 2.69. The van der Waals surface area contributed by atoms with Crippen LogP contribution in [-0.4, -0.2) is 23.8 Å². The van der Waals surface area contributed by atoms with Crippen LogP contribution in [0.25, 0.3) is 0 Å². The fraction of sp³-hybridized carbons (Fsp3) is 0.143. The van der Waals surface area contributed by atoms with Crippen molar-refractivity contribution in [2.45, 2.75) is 13.8 Å². The van der Waals surface area contributed by atoms with E-state index in [1.165, 1.54) is 19.1 Å². The first kappa shape index (κ1) is 21.1. The Morgan fingerprint density at radius 3 is 2.10 bits per heavy atom. The maximum absolute atomic E-state index is 13.1. The van der Waals surface area contributed by atoms with Gasteiger partial charge in [-0.15, -0.1) is 0 Å². The molecule has 1 atom stereocenters. The molecule has 3 rings (SSSR count). The van der Waals surface area contributed by atoms with E-state index in [4.69, 9.17) is 11.6 Å².